The quantitative estimate of drug-likeness (QED) is 0.850. The van der Waals surface area contributed by atoms with Crippen LogP contribution in [0.25, 0.3) is 0 Å². The topological polar surface area (TPSA) is 75.7 Å². The zero-order valence-corrected chi connectivity index (χ0v) is 16.3. The van der Waals surface area contributed by atoms with Gasteiger partial charge in [-0.05, 0) is 68.3 Å². The van der Waals surface area contributed by atoms with E-state index in [4.69, 9.17) is 4.74 Å². The Labute approximate surface area is 160 Å². The molecule has 1 atom stereocenters. The Morgan fingerprint density at radius 3 is 2.33 bits per heavy atom. The van der Waals surface area contributed by atoms with E-state index in [1.807, 2.05) is 6.92 Å². The number of carbonyl (C=O) groups excluding carboxylic acids is 1. The molecule has 2 aromatic carbocycles. The molecule has 0 aliphatic carbocycles. The zero-order chi connectivity index (χ0) is 19.4. The standard InChI is InChI=1S/C20H24N2O4S/c1-15-5-3-4-14-22(15)27(24,25)19-12-6-16(7-13-19)20(23)21-17-8-10-18(26-2)11-9-17/h6-13,15H,3-5,14H2,1-2H3,(H,21,23). The third-order valence-electron chi connectivity index (χ3n) is 4.81. The number of sulfonamides is 1. The van der Waals surface area contributed by atoms with Crippen LogP contribution in [0.3, 0.4) is 0 Å². The van der Waals surface area contributed by atoms with Crippen molar-refractivity contribution in [2.24, 2.45) is 0 Å². The summed E-state index contributed by atoms with van der Waals surface area (Å²) in [5, 5.41) is 2.78. The summed E-state index contributed by atoms with van der Waals surface area (Å²) < 4.78 is 32.3. The molecule has 1 heterocycles. The van der Waals surface area contributed by atoms with E-state index in [0.29, 0.717) is 23.5 Å². The van der Waals surface area contributed by atoms with Crippen LogP contribution in [-0.2, 0) is 10.0 Å². The number of anilines is 1. The summed E-state index contributed by atoms with van der Waals surface area (Å²) in [7, 11) is -1.96. The van der Waals surface area contributed by atoms with Crippen molar-refractivity contribution in [3.8, 4) is 5.75 Å². The van der Waals surface area contributed by atoms with E-state index >= 15 is 0 Å². The van der Waals surface area contributed by atoms with Crippen LogP contribution in [0.2, 0.25) is 0 Å². The SMILES string of the molecule is COc1ccc(NC(=O)c2ccc(S(=O)(=O)N3CCCCC3C)cc2)cc1. The molecule has 0 saturated carbocycles. The highest BCUT2D eigenvalue weighted by Crippen LogP contribution is 2.25. The van der Waals surface area contributed by atoms with Crippen molar-refractivity contribution in [3.63, 3.8) is 0 Å². The molecule has 7 heteroatoms. The van der Waals surface area contributed by atoms with Crippen molar-refractivity contribution < 1.29 is 17.9 Å². The van der Waals surface area contributed by atoms with Crippen LogP contribution in [0.5, 0.6) is 5.75 Å². The highest BCUT2D eigenvalue weighted by Gasteiger charge is 2.30. The number of nitrogens with one attached hydrogen (secondary N) is 1. The Hall–Kier alpha value is -2.38. The van der Waals surface area contributed by atoms with Crippen molar-refractivity contribution in [2.45, 2.75) is 37.1 Å². The van der Waals surface area contributed by atoms with Crippen LogP contribution in [0.4, 0.5) is 5.69 Å². The molecule has 27 heavy (non-hydrogen) atoms. The average molecular weight is 388 g/mol. The van der Waals surface area contributed by atoms with Gasteiger partial charge in [0.05, 0.1) is 12.0 Å². The van der Waals surface area contributed by atoms with Gasteiger partial charge in [0.25, 0.3) is 5.91 Å². The Balaban J connectivity index is 1.73. The molecule has 1 saturated heterocycles. The predicted octanol–water partition coefficient (Wildman–Crippen LogP) is 3.51. The van der Waals surface area contributed by atoms with Gasteiger partial charge in [0.2, 0.25) is 10.0 Å². The van der Waals surface area contributed by atoms with E-state index < -0.39 is 10.0 Å². The fraction of sp³-hybridized carbons (Fsp3) is 0.350. The zero-order valence-electron chi connectivity index (χ0n) is 15.5. The van der Waals surface area contributed by atoms with Gasteiger partial charge in [0.15, 0.2) is 0 Å². The highest BCUT2D eigenvalue weighted by molar-refractivity contribution is 7.89. The molecule has 144 valence electrons. The summed E-state index contributed by atoms with van der Waals surface area (Å²) in [5.74, 6) is 0.407. The number of rotatable bonds is 5. The predicted molar refractivity (Wildman–Crippen MR) is 105 cm³/mol. The number of carbonyl (C=O) groups is 1. The second-order valence-electron chi connectivity index (χ2n) is 6.67. The molecule has 1 N–H and O–H groups in total. The number of hydrogen-bond donors (Lipinski definition) is 1. The summed E-state index contributed by atoms with van der Waals surface area (Å²) >= 11 is 0. The molecule has 3 rings (SSSR count). The van der Waals surface area contributed by atoms with Gasteiger partial charge in [-0.3, -0.25) is 4.79 Å². The van der Waals surface area contributed by atoms with Crippen LogP contribution in [0, 0.1) is 0 Å². The third kappa shape index (κ3) is 4.31. The minimum Gasteiger partial charge on any atom is -0.497 e. The lowest BCUT2D eigenvalue weighted by molar-refractivity contribution is 0.102. The molecule has 1 amide bonds. The van der Waals surface area contributed by atoms with Gasteiger partial charge in [-0.2, -0.15) is 4.31 Å². The van der Waals surface area contributed by atoms with Gasteiger partial charge >= 0.3 is 0 Å². The first kappa shape index (κ1) is 19.4. The number of methoxy groups -OCH3 is 1. The fourth-order valence-corrected chi connectivity index (χ4v) is 4.92. The Morgan fingerprint density at radius 2 is 1.74 bits per heavy atom. The fourth-order valence-electron chi connectivity index (χ4n) is 3.22. The first-order chi connectivity index (χ1) is 12.9. The molecule has 2 aromatic rings. The van der Waals surface area contributed by atoms with Crippen LogP contribution < -0.4 is 10.1 Å². The van der Waals surface area contributed by atoms with Crippen molar-refractivity contribution >= 4 is 21.6 Å². The maximum atomic E-state index is 12.8. The molecule has 0 aromatic heterocycles. The van der Waals surface area contributed by atoms with E-state index in [9.17, 15) is 13.2 Å². The number of piperidine rings is 1. The molecular weight excluding hydrogens is 364 g/mol. The summed E-state index contributed by atoms with van der Waals surface area (Å²) in [6.07, 6.45) is 2.81. The largest absolute Gasteiger partial charge is 0.497 e. The molecule has 0 bridgehead atoms. The smallest absolute Gasteiger partial charge is 0.255 e. The molecule has 6 nitrogen and oxygen atoms in total. The second-order valence-corrected chi connectivity index (χ2v) is 8.56. The summed E-state index contributed by atoms with van der Waals surface area (Å²) in [5.41, 5.74) is 1.04. The highest BCUT2D eigenvalue weighted by atomic mass is 32.2. The van der Waals surface area contributed by atoms with Crippen LogP contribution in [-0.4, -0.2) is 38.3 Å². The van der Waals surface area contributed by atoms with Gasteiger partial charge in [0, 0.05) is 23.8 Å². The van der Waals surface area contributed by atoms with Crippen LogP contribution >= 0.6 is 0 Å². The lowest BCUT2D eigenvalue weighted by Crippen LogP contribution is -2.41. The monoisotopic (exact) mass is 388 g/mol. The normalized spacial score (nSPS) is 18.1. The summed E-state index contributed by atoms with van der Waals surface area (Å²) in [6, 6.07) is 13.1. The van der Waals surface area contributed by atoms with Gasteiger partial charge in [-0.15, -0.1) is 0 Å². The molecular formula is C20H24N2O4S. The molecule has 1 unspecified atom stereocenters. The van der Waals surface area contributed by atoms with E-state index in [2.05, 4.69) is 5.32 Å². The van der Waals surface area contributed by atoms with Gasteiger partial charge in [-0.1, -0.05) is 6.42 Å². The number of nitrogens with zero attached hydrogens (tertiary/aromatic N) is 1. The van der Waals surface area contributed by atoms with Crippen molar-refractivity contribution in [1.29, 1.82) is 0 Å². The first-order valence-electron chi connectivity index (χ1n) is 8.99. The van der Waals surface area contributed by atoms with E-state index in [-0.39, 0.29) is 16.8 Å². The van der Waals surface area contributed by atoms with Gasteiger partial charge < -0.3 is 10.1 Å². The summed E-state index contributed by atoms with van der Waals surface area (Å²) in [6.45, 7) is 2.48. The van der Waals surface area contributed by atoms with Gasteiger partial charge in [0.1, 0.15) is 5.75 Å². The molecule has 1 aliphatic heterocycles. The summed E-state index contributed by atoms with van der Waals surface area (Å²) in [4.78, 5) is 12.6. The maximum Gasteiger partial charge on any atom is 0.255 e. The van der Waals surface area contributed by atoms with Gasteiger partial charge in [-0.25, -0.2) is 8.42 Å². The Morgan fingerprint density at radius 1 is 1.07 bits per heavy atom. The molecule has 0 spiro atoms. The minimum atomic E-state index is -3.53. The number of benzene rings is 2. The average Bonchev–Trinajstić information content (AvgIpc) is 2.69. The minimum absolute atomic E-state index is 0.00166. The molecule has 0 radical (unpaired) electrons. The van der Waals surface area contributed by atoms with Crippen LogP contribution in [0.1, 0.15) is 36.5 Å². The Bertz CT molecular complexity index is 893. The first-order valence-corrected chi connectivity index (χ1v) is 10.4. The van der Waals surface area contributed by atoms with E-state index in [1.54, 1.807) is 47.8 Å². The lowest BCUT2D eigenvalue weighted by atomic mass is 10.1. The second kappa shape index (κ2) is 8.10. The Kier molecular flexibility index (Phi) is 5.82. The maximum absolute atomic E-state index is 12.8. The molecule has 1 fully saturated rings. The van der Waals surface area contributed by atoms with E-state index in [1.165, 1.54) is 12.1 Å². The molecule has 1 aliphatic rings. The van der Waals surface area contributed by atoms with Crippen molar-refractivity contribution in [1.82, 2.24) is 4.31 Å². The van der Waals surface area contributed by atoms with Crippen molar-refractivity contribution in [2.75, 3.05) is 19.0 Å². The third-order valence-corrected chi connectivity index (χ3v) is 6.84. The van der Waals surface area contributed by atoms with Crippen molar-refractivity contribution in [3.05, 3.63) is 54.1 Å². The lowest BCUT2D eigenvalue weighted by Gasteiger charge is -2.32. The number of ether oxygens (including phenoxy) is 1. The number of hydrogen-bond acceptors (Lipinski definition) is 4. The van der Waals surface area contributed by atoms with Crippen LogP contribution in [0.15, 0.2) is 53.4 Å². The number of amides is 1. The van der Waals surface area contributed by atoms with E-state index in [0.717, 1.165) is 19.3 Å².